The highest BCUT2D eigenvalue weighted by molar-refractivity contribution is 5.70. The van der Waals surface area contributed by atoms with Crippen molar-refractivity contribution in [2.24, 2.45) is 0 Å². The van der Waals surface area contributed by atoms with Crippen LogP contribution in [0.4, 0.5) is 5.95 Å². The number of nitrogens with two attached hydrogens (primary N) is 1. The minimum Gasteiger partial charge on any atom is -0.368 e. The van der Waals surface area contributed by atoms with Gasteiger partial charge in [0.15, 0.2) is 0 Å². The summed E-state index contributed by atoms with van der Waals surface area (Å²) in [5.41, 5.74) is 13.0. The highest BCUT2D eigenvalue weighted by Crippen LogP contribution is 2.30. The molecule has 3 nitrogen and oxygen atoms in total. The van der Waals surface area contributed by atoms with Crippen LogP contribution in [0, 0.1) is 6.92 Å². The molecule has 0 atom stereocenters. The van der Waals surface area contributed by atoms with E-state index in [9.17, 15) is 0 Å². The Kier molecular flexibility index (Phi) is 4.38. The third-order valence-corrected chi connectivity index (χ3v) is 3.66. The van der Waals surface area contributed by atoms with Crippen LogP contribution in [0.5, 0.6) is 0 Å². The maximum Gasteiger partial charge on any atom is 0.220 e. The number of rotatable bonds is 4. The van der Waals surface area contributed by atoms with Gasteiger partial charge in [-0.15, -0.1) is 0 Å². The molecule has 0 saturated carbocycles. The number of hydrogen-bond donors (Lipinski definition) is 1. The lowest BCUT2D eigenvalue weighted by Gasteiger charge is -2.15. The van der Waals surface area contributed by atoms with E-state index in [1.165, 1.54) is 22.3 Å². The zero-order valence-corrected chi connectivity index (χ0v) is 12.8. The summed E-state index contributed by atoms with van der Waals surface area (Å²) >= 11 is 0. The number of benzene rings is 1. The molecule has 2 aromatic rings. The van der Waals surface area contributed by atoms with Gasteiger partial charge in [0.25, 0.3) is 0 Å². The Hall–Kier alpha value is -1.90. The molecule has 106 valence electrons. The van der Waals surface area contributed by atoms with Gasteiger partial charge in [0, 0.05) is 11.3 Å². The fourth-order valence-electron chi connectivity index (χ4n) is 2.65. The van der Waals surface area contributed by atoms with Crippen LogP contribution in [0.2, 0.25) is 0 Å². The van der Waals surface area contributed by atoms with Gasteiger partial charge in [0.1, 0.15) is 0 Å². The second-order valence-electron chi connectivity index (χ2n) is 5.10. The third kappa shape index (κ3) is 2.82. The zero-order valence-electron chi connectivity index (χ0n) is 12.8. The predicted octanol–water partition coefficient (Wildman–Crippen LogP) is 3.72. The smallest absolute Gasteiger partial charge is 0.220 e. The Morgan fingerprint density at radius 3 is 1.95 bits per heavy atom. The molecule has 20 heavy (non-hydrogen) atoms. The van der Waals surface area contributed by atoms with E-state index in [2.05, 4.69) is 42.9 Å². The lowest BCUT2D eigenvalue weighted by molar-refractivity contribution is 1.03. The first kappa shape index (κ1) is 14.5. The number of anilines is 1. The van der Waals surface area contributed by atoms with Crippen molar-refractivity contribution in [1.29, 1.82) is 0 Å². The molecule has 0 spiro atoms. The van der Waals surface area contributed by atoms with E-state index in [-0.39, 0.29) is 0 Å². The molecule has 0 bridgehead atoms. The van der Waals surface area contributed by atoms with Crippen LogP contribution < -0.4 is 5.73 Å². The number of nitrogen functional groups attached to an aromatic ring is 1. The Bertz CT molecular complexity index is 572. The molecule has 0 aliphatic carbocycles. The highest BCUT2D eigenvalue weighted by Gasteiger charge is 2.13. The number of aryl methyl sites for hydroxylation is 4. The van der Waals surface area contributed by atoms with E-state index in [1.807, 2.05) is 13.0 Å². The molecule has 3 heteroatoms. The predicted molar refractivity (Wildman–Crippen MR) is 84.8 cm³/mol. The van der Waals surface area contributed by atoms with Crippen molar-refractivity contribution in [2.45, 2.75) is 47.0 Å². The molecular formula is C17H23N3. The first-order chi connectivity index (χ1) is 9.58. The maximum atomic E-state index is 5.81. The van der Waals surface area contributed by atoms with Gasteiger partial charge in [-0.3, -0.25) is 0 Å². The van der Waals surface area contributed by atoms with Crippen molar-refractivity contribution in [3.05, 3.63) is 40.6 Å². The second kappa shape index (κ2) is 6.04. The lowest BCUT2D eigenvalue weighted by Crippen LogP contribution is -2.03. The van der Waals surface area contributed by atoms with Crippen LogP contribution in [-0.4, -0.2) is 9.97 Å². The van der Waals surface area contributed by atoms with Crippen molar-refractivity contribution in [3.8, 4) is 11.3 Å². The number of nitrogens with zero attached hydrogens (tertiary/aromatic N) is 2. The molecule has 0 saturated heterocycles. The second-order valence-corrected chi connectivity index (χ2v) is 5.10. The Balaban J connectivity index is 2.70. The van der Waals surface area contributed by atoms with E-state index in [0.29, 0.717) is 5.95 Å². The molecule has 0 amide bonds. The molecule has 0 unspecified atom stereocenters. The number of aromatic nitrogens is 2. The zero-order chi connectivity index (χ0) is 14.7. The third-order valence-electron chi connectivity index (χ3n) is 3.66. The van der Waals surface area contributed by atoms with Crippen LogP contribution in [-0.2, 0) is 19.3 Å². The van der Waals surface area contributed by atoms with E-state index < -0.39 is 0 Å². The molecule has 1 heterocycles. The van der Waals surface area contributed by atoms with E-state index in [4.69, 9.17) is 5.73 Å². The molecule has 1 aromatic carbocycles. The molecule has 1 aromatic heterocycles. The maximum absolute atomic E-state index is 5.81. The number of hydrogen-bond acceptors (Lipinski definition) is 3. The molecule has 2 N–H and O–H groups in total. The largest absolute Gasteiger partial charge is 0.368 e. The first-order valence-electron chi connectivity index (χ1n) is 7.35. The van der Waals surface area contributed by atoms with Gasteiger partial charge in [-0.1, -0.05) is 32.9 Å². The average molecular weight is 269 g/mol. The van der Waals surface area contributed by atoms with E-state index in [0.717, 1.165) is 30.7 Å². The first-order valence-corrected chi connectivity index (χ1v) is 7.35. The topological polar surface area (TPSA) is 51.8 Å². The van der Waals surface area contributed by atoms with Crippen LogP contribution in [0.1, 0.15) is 43.2 Å². The molecule has 0 fully saturated rings. The average Bonchev–Trinajstić information content (AvgIpc) is 2.44. The minimum absolute atomic E-state index is 0.351. The van der Waals surface area contributed by atoms with Crippen molar-refractivity contribution in [1.82, 2.24) is 9.97 Å². The molecule has 2 rings (SSSR count). The Morgan fingerprint density at radius 2 is 1.50 bits per heavy atom. The van der Waals surface area contributed by atoms with Gasteiger partial charge < -0.3 is 5.73 Å². The van der Waals surface area contributed by atoms with Crippen molar-refractivity contribution < 1.29 is 0 Å². The van der Waals surface area contributed by atoms with Crippen LogP contribution in [0.25, 0.3) is 11.3 Å². The summed E-state index contributed by atoms with van der Waals surface area (Å²) in [6.45, 7) is 8.53. The summed E-state index contributed by atoms with van der Waals surface area (Å²) in [6.07, 6.45) is 3.06. The van der Waals surface area contributed by atoms with E-state index >= 15 is 0 Å². The van der Waals surface area contributed by atoms with Gasteiger partial charge >= 0.3 is 0 Å². The van der Waals surface area contributed by atoms with Gasteiger partial charge in [-0.25, -0.2) is 9.97 Å². The van der Waals surface area contributed by atoms with Gasteiger partial charge in [0.05, 0.1) is 5.69 Å². The normalized spacial score (nSPS) is 10.8. The van der Waals surface area contributed by atoms with Crippen molar-refractivity contribution >= 4 is 5.95 Å². The minimum atomic E-state index is 0.351. The summed E-state index contributed by atoms with van der Waals surface area (Å²) in [7, 11) is 0. The summed E-state index contributed by atoms with van der Waals surface area (Å²) in [6, 6.07) is 6.61. The van der Waals surface area contributed by atoms with Crippen molar-refractivity contribution in [2.75, 3.05) is 5.73 Å². The van der Waals surface area contributed by atoms with Crippen LogP contribution >= 0.6 is 0 Å². The SMILES string of the molecule is CCc1cc(CC)c(-c2cc(C)nc(N)n2)c(CC)c1. The van der Waals surface area contributed by atoms with E-state index in [1.54, 1.807) is 0 Å². The highest BCUT2D eigenvalue weighted by atomic mass is 15.0. The fraction of sp³-hybridized carbons (Fsp3) is 0.412. The van der Waals surface area contributed by atoms with Crippen LogP contribution in [0.15, 0.2) is 18.2 Å². The molecule has 0 radical (unpaired) electrons. The van der Waals surface area contributed by atoms with Crippen molar-refractivity contribution in [3.63, 3.8) is 0 Å². The fourth-order valence-corrected chi connectivity index (χ4v) is 2.65. The Labute approximate surface area is 121 Å². The van der Waals surface area contributed by atoms with Gasteiger partial charge in [-0.2, -0.15) is 0 Å². The van der Waals surface area contributed by atoms with Crippen LogP contribution in [0.3, 0.4) is 0 Å². The summed E-state index contributed by atoms with van der Waals surface area (Å²) in [5, 5.41) is 0. The molecule has 0 aliphatic heterocycles. The quantitative estimate of drug-likeness (QED) is 0.920. The monoisotopic (exact) mass is 269 g/mol. The van der Waals surface area contributed by atoms with Gasteiger partial charge in [-0.05, 0) is 48.9 Å². The molecule has 0 aliphatic rings. The summed E-state index contributed by atoms with van der Waals surface area (Å²) in [4.78, 5) is 8.61. The lowest BCUT2D eigenvalue weighted by atomic mass is 9.91. The molecular weight excluding hydrogens is 246 g/mol. The summed E-state index contributed by atoms with van der Waals surface area (Å²) < 4.78 is 0. The summed E-state index contributed by atoms with van der Waals surface area (Å²) in [5.74, 6) is 0.351. The standard InChI is InChI=1S/C17H23N3/c1-5-12-9-13(6-2)16(14(7-3)10-12)15-8-11(4)19-17(18)20-15/h8-10H,5-7H2,1-4H3,(H2,18,19,20). The Morgan fingerprint density at radius 1 is 0.900 bits per heavy atom. The van der Waals surface area contributed by atoms with Gasteiger partial charge in [0.2, 0.25) is 5.95 Å².